The lowest BCUT2D eigenvalue weighted by Crippen LogP contribution is -2.48. The molecule has 92 valence electrons. The summed E-state index contributed by atoms with van der Waals surface area (Å²) in [5.41, 5.74) is 0.421. The molecule has 0 spiro atoms. The Balaban J connectivity index is 2.19. The quantitative estimate of drug-likeness (QED) is 0.875. The van der Waals surface area contributed by atoms with E-state index in [1.54, 1.807) is 12.3 Å². The molecule has 5 nitrogen and oxygen atoms in total. The molecule has 0 unspecified atom stereocenters. The van der Waals surface area contributed by atoms with Crippen molar-refractivity contribution in [1.82, 2.24) is 9.88 Å². The Morgan fingerprint density at radius 3 is 2.82 bits per heavy atom. The molecule has 2 rings (SSSR count). The summed E-state index contributed by atoms with van der Waals surface area (Å²) in [6.07, 6.45) is 3.91. The van der Waals surface area contributed by atoms with Crippen LogP contribution in [0.4, 0.5) is 0 Å². The van der Waals surface area contributed by atoms with Crippen LogP contribution in [0.25, 0.3) is 0 Å². The molecule has 1 saturated heterocycles. The average molecular weight is 301 g/mol. The number of hydrogen-bond donors (Lipinski definition) is 2. The summed E-state index contributed by atoms with van der Waals surface area (Å²) >= 11 is 3.25. The second-order valence-corrected chi connectivity index (χ2v) is 5.00. The number of H-pyrrole nitrogens is 1. The molecular weight excluding hydrogens is 288 g/mol. The lowest BCUT2D eigenvalue weighted by molar-refractivity contribution is -0.143. The number of aromatic nitrogens is 1. The van der Waals surface area contributed by atoms with Gasteiger partial charge < -0.3 is 15.0 Å². The summed E-state index contributed by atoms with van der Waals surface area (Å²) in [5.74, 6) is -1.17. The minimum absolute atomic E-state index is 0.247. The van der Waals surface area contributed by atoms with Crippen molar-refractivity contribution in [1.29, 1.82) is 0 Å². The minimum Gasteiger partial charge on any atom is -0.480 e. The zero-order valence-electron chi connectivity index (χ0n) is 9.15. The SMILES string of the molecule is O=C(O)[C@H]1CCCCN1C(=O)c1cc(Br)c[nH]1. The van der Waals surface area contributed by atoms with Crippen molar-refractivity contribution in [2.24, 2.45) is 0 Å². The smallest absolute Gasteiger partial charge is 0.326 e. The molecule has 0 aromatic carbocycles. The largest absolute Gasteiger partial charge is 0.480 e. The fraction of sp³-hybridized carbons (Fsp3) is 0.455. The van der Waals surface area contributed by atoms with E-state index in [1.165, 1.54) is 4.90 Å². The molecule has 6 heteroatoms. The van der Waals surface area contributed by atoms with Gasteiger partial charge in [0.2, 0.25) is 0 Å². The number of nitrogens with one attached hydrogen (secondary N) is 1. The molecule has 1 fully saturated rings. The molecular formula is C11H13BrN2O3. The third-order valence-electron chi connectivity index (χ3n) is 2.93. The zero-order valence-corrected chi connectivity index (χ0v) is 10.7. The van der Waals surface area contributed by atoms with Crippen LogP contribution in [0, 0.1) is 0 Å². The second-order valence-electron chi connectivity index (χ2n) is 4.08. The third-order valence-corrected chi connectivity index (χ3v) is 3.38. The first-order valence-corrected chi connectivity index (χ1v) is 6.26. The third kappa shape index (κ3) is 2.52. The maximum absolute atomic E-state index is 12.1. The first kappa shape index (κ1) is 12.2. The number of carbonyl (C=O) groups excluding carboxylic acids is 1. The van der Waals surface area contributed by atoms with Crippen LogP contribution in [0.5, 0.6) is 0 Å². The number of halogens is 1. The molecule has 1 aliphatic heterocycles. The van der Waals surface area contributed by atoms with E-state index in [4.69, 9.17) is 5.11 Å². The second kappa shape index (κ2) is 4.91. The van der Waals surface area contributed by atoms with E-state index < -0.39 is 12.0 Å². The maximum atomic E-state index is 12.1. The average Bonchev–Trinajstić information content (AvgIpc) is 2.75. The molecule has 1 amide bonds. The van der Waals surface area contributed by atoms with Crippen LogP contribution in [-0.4, -0.2) is 39.5 Å². The highest BCUT2D eigenvalue weighted by Crippen LogP contribution is 2.20. The van der Waals surface area contributed by atoms with E-state index in [-0.39, 0.29) is 5.91 Å². The number of aromatic amines is 1. The van der Waals surface area contributed by atoms with Crippen molar-refractivity contribution in [3.63, 3.8) is 0 Å². The van der Waals surface area contributed by atoms with Crippen LogP contribution in [0.2, 0.25) is 0 Å². The Bertz CT molecular complexity index is 444. The van der Waals surface area contributed by atoms with Crippen molar-refractivity contribution in [2.45, 2.75) is 25.3 Å². The molecule has 1 aliphatic rings. The van der Waals surface area contributed by atoms with Crippen LogP contribution < -0.4 is 0 Å². The normalized spacial score (nSPS) is 20.3. The number of likely N-dealkylation sites (tertiary alicyclic amines) is 1. The van der Waals surface area contributed by atoms with Gasteiger partial charge in [0, 0.05) is 17.2 Å². The van der Waals surface area contributed by atoms with E-state index in [2.05, 4.69) is 20.9 Å². The van der Waals surface area contributed by atoms with Crippen molar-refractivity contribution in [3.8, 4) is 0 Å². The van der Waals surface area contributed by atoms with Gasteiger partial charge in [-0.05, 0) is 41.3 Å². The molecule has 2 heterocycles. The predicted octanol–water partition coefficient (Wildman–Crippen LogP) is 1.86. The van der Waals surface area contributed by atoms with Crippen LogP contribution in [-0.2, 0) is 4.79 Å². The minimum atomic E-state index is -0.927. The monoisotopic (exact) mass is 300 g/mol. The summed E-state index contributed by atoms with van der Waals surface area (Å²) in [7, 11) is 0. The van der Waals surface area contributed by atoms with Crippen LogP contribution in [0.1, 0.15) is 29.8 Å². The zero-order chi connectivity index (χ0) is 12.4. The lowest BCUT2D eigenvalue weighted by Gasteiger charge is -2.32. The van der Waals surface area contributed by atoms with Gasteiger partial charge in [0.05, 0.1) is 0 Å². The highest BCUT2D eigenvalue weighted by Gasteiger charge is 2.32. The van der Waals surface area contributed by atoms with Gasteiger partial charge in [0.25, 0.3) is 5.91 Å². The van der Waals surface area contributed by atoms with Crippen LogP contribution in [0.15, 0.2) is 16.7 Å². The molecule has 1 atom stereocenters. The summed E-state index contributed by atoms with van der Waals surface area (Å²) in [5, 5.41) is 9.10. The number of hydrogen-bond acceptors (Lipinski definition) is 2. The van der Waals surface area contributed by atoms with Gasteiger partial charge in [0.1, 0.15) is 11.7 Å². The molecule has 1 aromatic heterocycles. The lowest BCUT2D eigenvalue weighted by atomic mass is 10.0. The number of carboxylic acid groups (broad SMARTS) is 1. The standard InChI is InChI=1S/C11H13BrN2O3/c12-7-5-8(13-6-7)10(15)14-4-2-1-3-9(14)11(16)17/h5-6,9,13H,1-4H2,(H,16,17)/t9-/m1/s1. The number of rotatable bonds is 2. The topological polar surface area (TPSA) is 73.4 Å². The summed E-state index contributed by atoms with van der Waals surface area (Å²) in [6.45, 7) is 0.506. The van der Waals surface area contributed by atoms with Crippen LogP contribution in [0.3, 0.4) is 0 Å². The summed E-state index contributed by atoms with van der Waals surface area (Å²) < 4.78 is 0.782. The first-order chi connectivity index (χ1) is 8.09. The van der Waals surface area contributed by atoms with E-state index in [0.717, 1.165) is 17.3 Å². The summed E-state index contributed by atoms with van der Waals surface area (Å²) in [4.78, 5) is 27.5. The molecule has 0 radical (unpaired) electrons. The van der Waals surface area contributed by atoms with E-state index in [1.807, 2.05) is 0 Å². The number of amides is 1. The fourth-order valence-electron chi connectivity index (χ4n) is 2.08. The van der Waals surface area contributed by atoms with Crippen molar-refractivity contribution < 1.29 is 14.7 Å². The van der Waals surface area contributed by atoms with Gasteiger partial charge in [-0.1, -0.05) is 0 Å². The van der Waals surface area contributed by atoms with Gasteiger partial charge in [0.15, 0.2) is 0 Å². The molecule has 1 aromatic rings. The molecule has 0 aliphatic carbocycles. The number of carboxylic acids is 1. The van der Waals surface area contributed by atoms with Crippen molar-refractivity contribution in [3.05, 3.63) is 22.4 Å². The highest BCUT2D eigenvalue weighted by molar-refractivity contribution is 9.10. The highest BCUT2D eigenvalue weighted by atomic mass is 79.9. The molecule has 17 heavy (non-hydrogen) atoms. The van der Waals surface area contributed by atoms with E-state index in [9.17, 15) is 9.59 Å². The van der Waals surface area contributed by atoms with E-state index in [0.29, 0.717) is 18.7 Å². The van der Waals surface area contributed by atoms with Gasteiger partial charge in [-0.25, -0.2) is 4.79 Å². The Labute approximate surface area is 107 Å². The van der Waals surface area contributed by atoms with Crippen LogP contribution >= 0.6 is 15.9 Å². The molecule has 0 bridgehead atoms. The number of nitrogens with zero attached hydrogens (tertiary/aromatic N) is 1. The summed E-state index contributed by atoms with van der Waals surface area (Å²) in [6, 6.07) is 0.967. The molecule has 0 saturated carbocycles. The number of carbonyl (C=O) groups is 2. The Kier molecular flexibility index (Phi) is 3.51. The van der Waals surface area contributed by atoms with Gasteiger partial charge in [-0.2, -0.15) is 0 Å². The fourth-order valence-corrected chi connectivity index (χ4v) is 2.42. The van der Waals surface area contributed by atoms with E-state index >= 15 is 0 Å². The van der Waals surface area contributed by atoms with Crippen molar-refractivity contribution in [2.75, 3.05) is 6.54 Å². The van der Waals surface area contributed by atoms with Gasteiger partial charge in [-0.15, -0.1) is 0 Å². The Morgan fingerprint density at radius 1 is 1.47 bits per heavy atom. The van der Waals surface area contributed by atoms with Gasteiger partial charge in [-0.3, -0.25) is 4.79 Å². The van der Waals surface area contributed by atoms with Crippen molar-refractivity contribution >= 4 is 27.8 Å². The Morgan fingerprint density at radius 2 is 2.24 bits per heavy atom. The number of aliphatic carboxylic acids is 1. The first-order valence-electron chi connectivity index (χ1n) is 5.47. The molecule has 2 N–H and O–H groups in total. The maximum Gasteiger partial charge on any atom is 0.326 e. The Hall–Kier alpha value is -1.30. The van der Waals surface area contributed by atoms with Gasteiger partial charge >= 0.3 is 5.97 Å². The predicted molar refractivity (Wildman–Crippen MR) is 64.8 cm³/mol. The number of piperidine rings is 1.